The third-order valence-corrected chi connectivity index (χ3v) is 1.77. The maximum Gasteiger partial charge on any atom is 0.120 e. The standard InChI is InChI=1S/C12H16O/c1-4-6-11(3)13-12-8-5-7-10(2)9-12/h4-9,11H,1-3H3/b6-4+/t11-/m0/s1. The zero-order valence-corrected chi connectivity index (χ0v) is 8.45. The summed E-state index contributed by atoms with van der Waals surface area (Å²) in [6, 6.07) is 8.09. The first-order valence-electron chi connectivity index (χ1n) is 4.58. The van der Waals surface area contributed by atoms with Crippen LogP contribution in [0.2, 0.25) is 0 Å². The molecule has 0 aliphatic rings. The van der Waals surface area contributed by atoms with Gasteiger partial charge in [-0.1, -0.05) is 18.2 Å². The highest BCUT2D eigenvalue weighted by molar-refractivity contribution is 5.27. The van der Waals surface area contributed by atoms with Crippen molar-refractivity contribution < 1.29 is 4.74 Å². The van der Waals surface area contributed by atoms with Gasteiger partial charge in [-0.3, -0.25) is 0 Å². The number of ether oxygens (including phenoxy) is 1. The number of allylic oxidation sites excluding steroid dienone is 1. The molecule has 0 aliphatic heterocycles. The predicted molar refractivity (Wildman–Crippen MR) is 56.1 cm³/mol. The lowest BCUT2D eigenvalue weighted by molar-refractivity contribution is 0.269. The van der Waals surface area contributed by atoms with Gasteiger partial charge in [0.1, 0.15) is 11.9 Å². The molecule has 0 amide bonds. The second-order valence-corrected chi connectivity index (χ2v) is 3.17. The van der Waals surface area contributed by atoms with E-state index in [2.05, 4.69) is 13.0 Å². The van der Waals surface area contributed by atoms with Crippen molar-refractivity contribution in [3.63, 3.8) is 0 Å². The summed E-state index contributed by atoms with van der Waals surface area (Å²) in [6.45, 7) is 6.09. The Balaban J connectivity index is 2.63. The quantitative estimate of drug-likeness (QED) is 0.642. The van der Waals surface area contributed by atoms with Crippen molar-refractivity contribution in [1.82, 2.24) is 0 Å². The highest BCUT2D eigenvalue weighted by atomic mass is 16.5. The molecule has 13 heavy (non-hydrogen) atoms. The SMILES string of the molecule is C/C=C/[C@H](C)Oc1cccc(C)c1. The highest BCUT2D eigenvalue weighted by Crippen LogP contribution is 2.14. The average molecular weight is 176 g/mol. The van der Waals surface area contributed by atoms with Crippen LogP contribution < -0.4 is 4.74 Å². The topological polar surface area (TPSA) is 9.23 Å². The Bertz CT molecular complexity index is 289. The third kappa shape index (κ3) is 3.32. The number of hydrogen-bond donors (Lipinski definition) is 0. The van der Waals surface area contributed by atoms with Crippen LogP contribution in [0.4, 0.5) is 0 Å². The van der Waals surface area contributed by atoms with Gasteiger partial charge in [0.2, 0.25) is 0 Å². The van der Waals surface area contributed by atoms with E-state index in [0.717, 1.165) is 5.75 Å². The summed E-state index contributed by atoms with van der Waals surface area (Å²) >= 11 is 0. The van der Waals surface area contributed by atoms with Crippen LogP contribution in [0.1, 0.15) is 19.4 Å². The van der Waals surface area contributed by atoms with Crippen molar-refractivity contribution in [2.75, 3.05) is 0 Å². The molecule has 1 atom stereocenters. The zero-order valence-electron chi connectivity index (χ0n) is 8.45. The van der Waals surface area contributed by atoms with Crippen LogP contribution in [-0.4, -0.2) is 6.10 Å². The van der Waals surface area contributed by atoms with E-state index >= 15 is 0 Å². The van der Waals surface area contributed by atoms with Gasteiger partial charge in [0.15, 0.2) is 0 Å². The van der Waals surface area contributed by atoms with Gasteiger partial charge in [0.25, 0.3) is 0 Å². The van der Waals surface area contributed by atoms with Crippen LogP contribution in [-0.2, 0) is 0 Å². The Hall–Kier alpha value is -1.24. The largest absolute Gasteiger partial charge is 0.487 e. The van der Waals surface area contributed by atoms with Gasteiger partial charge >= 0.3 is 0 Å². The minimum absolute atomic E-state index is 0.145. The molecule has 1 aromatic rings. The molecular formula is C12H16O. The molecule has 0 bridgehead atoms. The van der Waals surface area contributed by atoms with Crippen LogP contribution in [0.25, 0.3) is 0 Å². The number of hydrogen-bond acceptors (Lipinski definition) is 1. The molecule has 1 heteroatoms. The molecular weight excluding hydrogens is 160 g/mol. The van der Waals surface area contributed by atoms with Crippen LogP contribution >= 0.6 is 0 Å². The fraction of sp³-hybridized carbons (Fsp3) is 0.333. The summed E-state index contributed by atoms with van der Waals surface area (Å²) in [5.41, 5.74) is 1.23. The lowest BCUT2D eigenvalue weighted by atomic mass is 10.2. The minimum Gasteiger partial charge on any atom is -0.487 e. The number of rotatable bonds is 3. The molecule has 0 saturated heterocycles. The molecule has 0 aromatic heterocycles. The smallest absolute Gasteiger partial charge is 0.120 e. The van der Waals surface area contributed by atoms with E-state index in [-0.39, 0.29) is 6.10 Å². The fourth-order valence-electron chi connectivity index (χ4n) is 1.21. The third-order valence-electron chi connectivity index (χ3n) is 1.77. The van der Waals surface area contributed by atoms with Gasteiger partial charge in [-0.05, 0) is 44.5 Å². The lowest BCUT2D eigenvalue weighted by Gasteiger charge is -2.10. The fourth-order valence-corrected chi connectivity index (χ4v) is 1.21. The van der Waals surface area contributed by atoms with Gasteiger partial charge in [-0.15, -0.1) is 0 Å². The van der Waals surface area contributed by atoms with Gasteiger partial charge in [-0.2, -0.15) is 0 Å². The van der Waals surface area contributed by atoms with Crippen LogP contribution in [0.5, 0.6) is 5.75 Å². The second-order valence-electron chi connectivity index (χ2n) is 3.17. The molecule has 0 spiro atoms. The van der Waals surface area contributed by atoms with Gasteiger partial charge in [0, 0.05) is 0 Å². The van der Waals surface area contributed by atoms with E-state index in [1.165, 1.54) is 5.56 Å². The van der Waals surface area contributed by atoms with Crippen LogP contribution in [0.3, 0.4) is 0 Å². The molecule has 1 aromatic carbocycles. The molecule has 0 N–H and O–H groups in total. The van der Waals surface area contributed by atoms with Crippen LogP contribution in [0.15, 0.2) is 36.4 Å². The van der Waals surface area contributed by atoms with Gasteiger partial charge in [0.05, 0.1) is 0 Å². The van der Waals surface area contributed by atoms with E-state index in [9.17, 15) is 0 Å². The Morgan fingerprint density at radius 3 is 2.77 bits per heavy atom. The summed E-state index contributed by atoms with van der Waals surface area (Å²) < 4.78 is 5.65. The van der Waals surface area contributed by atoms with Gasteiger partial charge in [-0.25, -0.2) is 0 Å². The average Bonchev–Trinajstić information content (AvgIpc) is 2.04. The summed E-state index contributed by atoms with van der Waals surface area (Å²) in [5, 5.41) is 0. The number of aryl methyl sites for hydroxylation is 1. The molecule has 70 valence electrons. The first-order chi connectivity index (χ1) is 6.22. The highest BCUT2D eigenvalue weighted by Gasteiger charge is 1.98. The maximum absolute atomic E-state index is 5.65. The molecule has 1 rings (SSSR count). The molecule has 0 unspecified atom stereocenters. The molecule has 1 nitrogen and oxygen atoms in total. The predicted octanol–water partition coefficient (Wildman–Crippen LogP) is 3.34. The van der Waals surface area contributed by atoms with E-state index in [1.54, 1.807) is 0 Å². The molecule has 0 fully saturated rings. The van der Waals surface area contributed by atoms with Crippen LogP contribution in [0, 0.1) is 6.92 Å². The Morgan fingerprint density at radius 2 is 2.15 bits per heavy atom. The van der Waals surface area contributed by atoms with Crippen molar-refractivity contribution >= 4 is 0 Å². The number of benzene rings is 1. The molecule has 0 radical (unpaired) electrons. The second kappa shape index (κ2) is 4.70. The Labute approximate surface area is 80.0 Å². The van der Waals surface area contributed by atoms with E-state index in [1.807, 2.05) is 44.2 Å². The monoisotopic (exact) mass is 176 g/mol. The van der Waals surface area contributed by atoms with Crippen molar-refractivity contribution in [3.05, 3.63) is 42.0 Å². The first kappa shape index (κ1) is 9.85. The molecule has 0 heterocycles. The normalized spacial score (nSPS) is 13.2. The first-order valence-corrected chi connectivity index (χ1v) is 4.58. The van der Waals surface area contributed by atoms with Crippen molar-refractivity contribution in [2.24, 2.45) is 0 Å². The summed E-state index contributed by atoms with van der Waals surface area (Å²) in [6.07, 6.45) is 4.18. The van der Waals surface area contributed by atoms with Crippen molar-refractivity contribution in [1.29, 1.82) is 0 Å². The molecule has 0 saturated carbocycles. The Kier molecular flexibility index (Phi) is 3.56. The lowest BCUT2D eigenvalue weighted by Crippen LogP contribution is -2.07. The van der Waals surface area contributed by atoms with E-state index in [0.29, 0.717) is 0 Å². The van der Waals surface area contributed by atoms with Gasteiger partial charge < -0.3 is 4.74 Å². The maximum atomic E-state index is 5.65. The molecule has 0 aliphatic carbocycles. The summed E-state index contributed by atoms with van der Waals surface area (Å²) in [5.74, 6) is 0.936. The minimum atomic E-state index is 0.145. The van der Waals surface area contributed by atoms with Crippen molar-refractivity contribution in [3.8, 4) is 5.75 Å². The summed E-state index contributed by atoms with van der Waals surface area (Å²) in [7, 11) is 0. The van der Waals surface area contributed by atoms with E-state index in [4.69, 9.17) is 4.74 Å². The zero-order chi connectivity index (χ0) is 9.68. The van der Waals surface area contributed by atoms with E-state index < -0.39 is 0 Å². The summed E-state index contributed by atoms with van der Waals surface area (Å²) in [4.78, 5) is 0. The Morgan fingerprint density at radius 1 is 1.38 bits per heavy atom. The van der Waals surface area contributed by atoms with Crippen molar-refractivity contribution in [2.45, 2.75) is 26.9 Å².